The Balaban J connectivity index is 0.681. The highest BCUT2D eigenvalue weighted by Gasteiger charge is 2.40. The van der Waals surface area contributed by atoms with Crippen LogP contribution in [0.4, 0.5) is 11.5 Å². The van der Waals surface area contributed by atoms with E-state index in [1.807, 2.05) is 36.4 Å². The molecule has 10 rings (SSSR count). The van der Waals surface area contributed by atoms with E-state index >= 15 is 0 Å². The Morgan fingerprint density at radius 1 is 0.789 bits per heavy atom. The average Bonchev–Trinajstić information content (AvgIpc) is 3.69. The molecular weight excluding hydrogens is 727 g/mol. The first-order valence-electron chi connectivity index (χ1n) is 20.5. The number of carbonyl (C=O) groups is 2. The lowest BCUT2D eigenvalue weighted by molar-refractivity contribution is -0.149. The molecule has 3 saturated heterocycles. The molecule has 57 heavy (non-hydrogen) atoms. The summed E-state index contributed by atoms with van der Waals surface area (Å²) in [7, 11) is 1.73. The van der Waals surface area contributed by atoms with Crippen LogP contribution in [0.1, 0.15) is 77.2 Å². The molecule has 15 heteroatoms. The molecule has 0 bridgehead atoms. The number of nitrogens with one attached hydrogen (secondary N) is 2. The number of imide groups is 1. The van der Waals surface area contributed by atoms with Crippen molar-refractivity contribution in [2.45, 2.75) is 107 Å². The lowest BCUT2D eigenvalue weighted by Crippen LogP contribution is -2.46. The van der Waals surface area contributed by atoms with Crippen LogP contribution in [0.3, 0.4) is 0 Å². The van der Waals surface area contributed by atoms with Crippen LogP contribution in [0.2, 0.25) is 0 Å². The summed E-state index contributed by atoms with van der Waals surface area (Å²) in [6, 6.07) is 13.4. The van der Waals surface area contributed by atoms with E-state index in [1.54, 1.807) is 17.9 Å². The van der Waals surface area contributed by atoms with E-state index in [2.05, 4.69) is 48.3 Å². The van der Waals surface area contributed by atoms with Crippen LogP contribution in [-0.2, 0) is 26.1 Å². The van der Waals surface area contributed by atoms with Gasteiger partial charge < -0.3 is 24.0 Å². The summed E-state index contributed by atoms with van der Waals surface area (Å²) in [5.41, 5.74) is 4.77. The van der Waals surface area contributed by atoms with Gasteiger partial charge >= 0.3 is 5.69 Å². The molecule has 5 aliphatic rings. The number of hydrogen-bond acceptors (Lipinski definition) is 11. The number of aromatic nitrogens is 6. The molecule has 0 spiro atoms. The zero-order valence-electron chi connectivity index (χ0n) is 32.5. The minimum atomic E-state index is -0.687. The number of piperidine rings is 3. The fourth-order valence-corrected chi connectivity index (χ4v) is 9.00. The van der Waals surface area contributed by atoms with Crippen LogP contribution >= 0.6 is 0 Å². The Hall–Kier alpha value is -5.28. The van der Waals surface area contributed by atoms with Gasteiger partial charge in [-0.25, -0.2) is 14.8 Å². The van der Waals surface area contributed by atoms with Crippen molar-refractivity contribution in [1.82, 2.24) is 34.6 Å². The maximum Gasteiger partial charge on any atom is 0.329 e. The molecule has 5 fully saturated rings. The SMILES string of the molecule is Cn1c(=O)n(C2CCC(=O)NC2=O)c2ccc(N3CCC(OC4CC(OC5CCN(c6cc(-c7n[nH]c8ccc(OC9(C)CC9)cc78)ncn6)CC5)C4)CC3)cc21. The summed E-state index contributed by atoms with van der Waals surface area (Å²) in [5.74, 6) is 1.05. The van der Waals surface area contributed by atoms with E-state index in [1.165, 1.54) is 4.57 Å². The molecule has 2 amide bonds. The van der Waals surface area contributed by atoms with E-state index in [9.17, 15) is 14.4 Å². The summed E-state index contributed by atoms with van der Waals surface area (Å²) < 4.78 is 22.4. The molecule has 0 radical (unpaired) electrons. The highest BCUT2D eigenvalue weighted by atomic mass is 16.5. The summed E-state index contributed by atoms with van der Waals surface area (Å²) in [5, 5.41) is 11.1. The number of nitrogens with zero attached hydrogens (tertiary/aromatic N) is 7. The van der Waals surface area contributed by atoms with E-state index < -0.39 is 11.9 Å². The van der Waals surface area contributed by atoms with Crippen LogP contribution in [0.5, 0.6) is 5.75 Å². The van der Waals surface area contributed by atoms with Crippen molar-refractivity contribution in [2.24, 2.45) is 7.05 Å². The quantitative estimate of drug-likeness (QED) is 0.188. The smallest absolute Gasteiger partial charge is 0.329 e. The van der Waals surface area contributed by atoms with Crippen molar-refractivity contribution in [3.8, 4) is 17.1 Å². The van der Waals surface area contributed by atoms with Crippen LogP contribution in [-0.4, -0.2) is 97.3 Å². The summed E-state index contributed by atoms with van der Waals surface area (Å²) in [6.45, 7) is 5.63. The topological polar surface area (TPSA) is 162 Å². The maximum atomic E-state index is 13.2. The summed E-state index contributed by atoms with van der Waals surface area (Å²) >= 11 is 0. The average molecular weight is 776 g/mol. The summed E-state index contributed by atoms with van der Waals surface area (Å²) in [6.07, 6.45) is 10.9. The van der Waals surface area contributed by atoms with Gasteiger partial charge in [0.1, 0.15) is 35.2 Å². The third-order valence-corrected chi connectivity index (χ3v) is 12.7. The third-order valence-electron chi connectivity index (χ3n) is 12.7. The number of H-pyrrole nitrogens is 1. The second-order valence-corrected chi connectivity index (χ2v) is 16.8. The lowest BCUT2D eigenvalue weighted by Gasteiger charge is -2.42. The molecule has 1 atom stereocenters. The molecule has 298 valence electrons. The molecule has 2 saturated carbocycles. The number of imidazole rings is 1. The van der Waals surface area contributed by atoms with E-state index in [4.69, 9.17) is 14.2 Å². The Kier molecular flexibility index (Phi) is 9.04. The van der Waals surface area contributed by atoms with Crippen LogP contribution in [0.25, 0.3) is 33.3 Å². The van der Waals surface area contributed by atoms with Gasteiger partial charge in [-0.2, -0.15) is 5.10 Å². The first kappa shape index (κ1) is 36.1. The summed E-state index contributed by atoms with van der Waals surface area (Å²) in [4.78, 5) is 51.3. The normalized spacial score (nSPS) is 24.2. The zero-order chi connectivity index (χ0) is 38.8. The third kappa shape index (κ3) is 7.05. The Morgan fingerprint density at radius 3 is 2.21 bits per heavy atom. The molecule has 2 aromatic carbocycles. The molecule has 6 heterocycles. The molecule has 3 aromatic heterocycles. The minimum Gasteiger partial charge on any atom is -0.488 e. The first-order valence-corrected chi connectivity index (χ1v) is 20.5. The number of aromatic amines is 1. The number of hydrogen-bond donors (Lipinski definition) is 2. The number of benzene rings is 2. The number of fused-ring (bicyclic) bond motifs is 2. The van der Waals surface area contributed by atoms with Gasteiger partial charge in [0.05, 0.1) is 46.7 Å². The largest absolute Gasteiger partial charge is 0.488 e. The number of rotatable bonds is 10. The van der Waals surface area contributed by atoms with Crippen molar-refractivity contribution >= 4 is 45.3 Å². The van der Waals surface area contributed by atoms with Crippen molar-refractivity contribution in [3.63, 3.8) is 0 Å². The van der Waals surface area contributed by atoms with Crippen molar-refractivity contribution in [3.05, 3.63) is 59.3 Å². The number of amides is 2. The van der Waals surface area contributed by atoms with E-state index in [-0.39, 0.29) is 48.0 Å². The van der Waals surface area contributed by atoms with Crippen molar-refractivity contribution < 1.29 is 23.8 Å². The molecule has 1 unspecified atom stereocenters. The minimum absolute atomic E-state index is 0.0483. The predicted molar refractivity (Wildman–Crippen MR) is 213 cm³/mol. The highest BCUT2D eigenvalue weighted by Crippen LogP contribution is 2.41. The lowest BCUT2D eigenvalue weighted by atomic mass is 9.90. The van der Waals surface area contributed by atoms with Gasteiger partial charge in [-0.15, -0.1) is 0 Å². The Bertz CT molecular complexity index is 2400. The van der Waals surface area contributed by atoms with Crippen LogP contribution in [0.15, 0.2) is 53.6 Å². The molecule has 15 nitrogen and oxygen atoms in total. The molecule has 3 aliphatic heterocycles. The van der Waals surface area contributed by atoms with Gasteiger partial charge in [-0.1, -0.05) is 0 Å². The second kappa shape index (κ2) is 14.3. The Labute approximate surface area is 329 Å². The fraction of sp³-hybridized carbons (Fsp3) is 0.524. The van der Waals surface area contributed by atoms with Gasteiger partial charge in [0.15, 0.2) is 0 Å². The zero-order valence-corrected chi connectivity index (χ0v) is 32.5. The van der Waals surface area contributed by atoms with Crippen LogP contribution in [0, 0.1) is 0 Å². The molecule has 5 aromatic rings. The number of carbonyl (C=O) groups excluding carboxylic acids is 2. The van der Waals surface area contributed by atoms with Gasteiger partial charge in [0, 0.05) is 56.8 Å². The molecule has 2 N–H and O–H groups in total. The first-order chi connectivity index (χ1) is 27.7. The highest BCUT2D eigenvalue weighted by molar-refractivity contribution is 6.00. The monoisotopic (exact) mass is 775 g/mol. The van der Waals surface area contributed by atoms with Gasteiger partial charge in [0.25, 0.3) is 0 Å². The van der Waals surface area contributed by atoms with Gasteiger partial charge in [-0.05, 0) is 101 Å². The van der Waals surface area contributed by atoms with Crippen LogP contribution < -0.4 is 25.5 Å². The number of ether oxygens (including phenoxy) is 3. The number of anilines is 2. The molecular formula is C42H49N9O6. The second-order valence-electron chi connectivity index (χ2n) is 16.8. The Morgan fingerprint density at radius 2 is 1.51 bits per heavy atom. The standard InChI is InChI=1S/C42H49N9O6/c1-42(13-14-42)57-28-4-5-32-31(22-28)39(47-46-32)33-23-37(44-24-43-33)50-17-11-27(12-18-50)56-30-20-29(21-30)55-26-9-15-49(16-10-26)25-3-6-34-36(19-25)48(2)41(54)51(34)35-7-8-38(52)45-40(35)53/h3-6,19,22-24,26-27,29-30,35H,7-18,20-21H2,1-2H3,(H,46,47)(H,45,52,53). The van der Waals surface area contributed by atoms with E-state index in [0.29, 0.717) is 11.9 Å². The fourth-order valence-electron chi connectivity index (χ4n) is 9.00. The van der Waals surface area contributed by atoms with Crippen molar-refractivity contribution in [1.29, 1.82) is 0 Å². The van der Waals surface area contributed by atoms with Crippen molar-refractivity contribution in [2.75, 3.05) is 36.0 Å². The maximum absolute atomic E-state index is 13.2. The number of aryl methyl sites for hydroxylation is 1. The predicted octanol–water partition coefficient (Wildman–Crippen LogP) is 4.78. The molecule has 2 aliphatic carbocycles. The van der Waals surface area contributed by atoms with Gasteiger partial charge in [0.2, 0.25) is 11.8 Å². The van der Waals surface area contributed by atoms with E-state index in [0.717, 1.165) is 123 Å². The van der Waals surface area contributed by atoms with Gasteiger partial charge in [-0.3, -0.25) is 29.1 Å².